The molecule has 0 aliphatic rings. The summed E-state index contributed by atoms with van der Waals surface area (Å²) in [6.45, 7) is 0. The highest BCUT2D eigenvalue weighted by atomic mass is 35.5. The first kappa shape index (κ1) is 13.8. The van der Waals surface area contributed by atoms with E-state index in [9.17, 15) is 4.39 Å². The normalized spacial score (nSPS) is 12.2. The molecule has 0 saturated heterocycles. The SMILES string of the molecule is COc1cccc(CC(N)c2cccc(Cl)c2)c1F. The van der Waals surface area contributed by atoms with Crippen LogP contribution in [0.5, 0.6) is 5.75 Å². The molecule has 0 fully saturated rings. The largest absolute Gasteiger partial charge is 0.494 e. The summed E-state index contributed by atoms with van der Waals surface area (Å²) >= 11 is 5.92. The van der Waals surface area contributed by atoms with Crippen molar-refractivity contribution >= 4 is 11.6 Å². The van der Waals surface area contributed by atoms with Gasteiger partial charge in [0.05, 0.1) is 7.11 Å². The molecule has 4 heteroatoms. The van der Waals surface area contributed by atoms with E-state index in [1.807, 2.05) is 12.1 Å². The zero-order valence-corrected chi connectivity index (χ0v) is 11.3. The minimum Gasteiger partial charge on any atom is -0.494 e. The standard InChI is InChI=1S/C15H15ClFNO/c1-19-14-7-3-5-11(15(14)17)9-13(18)10-4-2-6-12(16)8-10/h2-8,13H,9,18H2,1H3. The number of hydrogen-bond donors (Lipinski definition) is 1. The summed E-state index contributed by atoms with van der Waals surface area (Å²) in [5, 5.41) is 0.624. The molecule has 0 bridgehead atoms. The van der Waals surface area contributed by atoms with Crippen molar-refractivity contribution < 1.29 is 9.13 Å². The van der Waals surface area contributed by atoms with Gasteiger partial charge in [0.2, 0.25) is 0 Å². The zero-order valence-electron chi connectivity index (χ0n) is 10.6. The average molecular weight is 280 g/mol. The highest BCUT2D eigenvalue weighted by molar-refractivity contribution is 6.30. The van der Waals surface area contributed by atoms with E-state index in [0.717, 1.165) is 5.56 Å². The third-order valence-electron chi connectivity index (χ3n) is 2.98. The van der Waals surface area contributed by atoms with Gasteiger partial charge in [0.1, 0.15) is 0 Å². The van der Waals surface area contributed by atoms with Crippen LogP contribution in [0.4, 0.5) is 4.39 Å². The Balaban J connectivity index is 2.21. The molecule has 0 amide bonds. The van der Waals surface area contributed by atoms with Crippen LogP contribution in [0.2, 0.25) is 5.02 Å². The first-order valence-electron chi connectivity index (χ1n) is 5.94. The number of hydrogen-bond acceptors (Lipinski definition) is 2. The smallest absolute Gasteiger partial charge is 0.168 e. The van der Waals surface area contributed by atoms with Crippen LogP contribution in [0.25, 0.3) is 0 Å². The van der Waals surface area contributed by atoms with E-state index in [1.54, 1.807) is 30.3 Å². The monoisotopic (exact) mass is 279 g/mol. The van der Waals surface area contributed by atoms with E-state index in [2.05, 4.69) is 0 Å². The summed E-state index contributed by atoms with van der Waals surface area (Å²) in [6, 6.07) is 12.0. The summed E-state index contributed by atoms with van der Waals surface area (Å²) in [4.78, 5) is 0. The van der Waals surface area contributed by atoms with Crippen LogP contribution in [0.1, 0.15) is 17.2 Å². The third-order valence-corrected chi connectivity index (χ3v) is 3.21. The molecule has 1 atom stereocenters. The first-order chi connectivity index (χ1) is 9.11. The van der Waals surface area contributed by atoms with Crippen LogP contribution in [-0.2, 0) is 6.42 Å². The lowest BCUT2D eigenvalue weighted by Gasteiger charge is -2.14. The van der Waals surface area contributed by atoms with E-state index in [4.69, 9.17) is 22.1 Å². The number of ether oxygens (including phenoxy) is 1. The Bertz CT molecular complexity index is 574. The Hall–Kier alpha value is -1.58. The number of benzene rings is 2. The van der Waals surface area contributed by atoms with Crippen LogP contribution >= 0.6 is 11.6 Å². The van der Waals surface area contributed by atoms with Crippen molar-refractivity contribution in [2.45, 2.75) is 12.5 Å². The lowest BCUT2D eigenvalue weighted by atomic mass is 9.99. The van der Waals surface area contributed by atoms with Crippen LogP contribution in [-0.4, -0.2) is 7.11 Å². The number of methoxy groups -OCH3 is 1. The minimum absolute atomic E-state index is 0.232. The van der Waals surface area contributed by atoms with Gasteiger partial charge in [0.25, 0.3) is 0 Å². The molecule has 0 aliphatic carbocycles. The van der Waals surface area contributed by atoms with E-state index in [1.165, 1.54) is 7.11 Å². The first-order valence-corrected chi connectivity index (χ1v) is 6.32. The molecule has 2 aromatic carbocycles. The Morgan fingerprint density at radius 3 is 2.68 bits per heavy atom. The summed E-state index contributed by atoms with van der Waals surface area (Å²) < 4.78 is 19.0. The molecule has 0 aromatic heterocycles. The van der Waals surface area contributed by atoms with Gasteiger partial charge in [-0.25, -0.2) is 4.39 Å². The van der Waals surface area contributed by atoms with Gasteiger partial charge in [-0.15, -0.1) is 0 Å². The van der Waals surface area contributed by atoms with Crippen molar-refractivity contribution in [1.82, 2.24) is 0 Å². The van der Waals surface area contributed by atoms with Crippen LogP contribution in [0.15, 0.2) is 42.5 Å². The van der Waals surface area contributed by atoms with E-state index in [0.29, 0.717) is 17.0 Å². The van der Waals surface area contributed by atoms with E-state index >= 15 is 0 Å². The topological polar surface area (TPSA) is 35.2 Å². The van der Waals surface area contributed by atoms with Crippen molar-refractivity contribution in [2.75, 3.05) is 7.11 Å². The minimum atomic E-state index is -0.359. The maximum Gasteiger partial charge on any atom is 0.168 e. The van der Waals surface area contributed by atoms with Gasteiger partial charge in [0, 0.05) is 11.1 Å². The van der Waals surface area contributed by atoms with E-state index < -0.39 is 0 Å². The van der Waals surface area contributed by atoms with Gasteiger partial charge in [-0.3, -0.25) is 0 Å². The van der Waals surface area contributed by atoms with Crippen molar-refractivity contribution in [3.8, 4) is 5.75 Å². The third kappa shape index (κ3) is 3.25. The number of nitrogens with two attached hydrogens (primary N) is 1. The molecule has 2 aromatic rings. The fourth-order valence-electron chi connectivity index (χ4n) is 1.96. The Morgan fingerprint density at radius 2 is 2.00 bits per heavy atom. The second-order valence-corrected chi connectivity index (χ2v) is 4.74. The quantitative estimate of drug-likeness (QED) is 0.925. The molecule has 100 valence electrons. The highest BCUT2D eigenvalue weighted by Gasteiger charge is 2.13. The molecule has 0 radical (unpaired) electrons. The van der Waals surface area contributed by atoms with Crippen molar-refractivity contribution in [2.24, 2.45) is 5.73 Å². The molecule has 1 unspecified atom stereocenters. The van der Waals surface area contributed by atoms with Gasteiger partial charge >= 0.3 is 0 Å². The highest BCUT2D eigenvalue weighted by Crippen LogP contribution is 2.25. The molecule has 0 spiro atoms. The van der Waals surface area contributed by atoms with Crippen LogP contribution < -0.4 is 10.5 Å². The lowest BCUT2D eigenvalue weighted by molar-refractivity contribution is 0.383. The summed E-state index contributed by atoms with van der Waals surface area (Å²) in [6.07, 6.45) is 0.392. The van der Waals surface area contributed by atoms with Gasteiger partial charge in [0.15, 0.2) is 11.6 Å². The fourth-order valence-corrected chi connectivity index (χ4v) is 2.16. The number of rotatable bonds is 4. The molecular weight excluding hydrogens is 265 g/mol. The van der Waals surface area contributed by atoms with Crippen molar-refractivity contribution in [3.05, 3.63) is 64.4 Å². The Kier molecular flexibility index (Phi) is 4.40. The average Bonchev–Trinajstić information content (AvgIpc) is 2.41. The molecule has 0 saturated carbocycles. The summed E-state index contributed by atoms with van der Waals surface area (Å²) in [5.74, 6) is -0.127. The molecule has 0 heterocycles. The Labute approximate surface area is 117 Å². The second kappa shape index (κ2) is 6.04. The second-order valence-electron chi connectivity index (χ2n) is 4.30. The maximum absolute atomic E-state index is 14.0. The van der Waals surface area contributed by atoms with E-state index in [-0.39, 0.29) is 17.6 Å². The predicted molar refractivity (Wildman–Crippen MR) is 75.0 cm³/mol. The van der Waals surface area contributed by atoms with Gasteiger partial charge in [-0.2, -0.15) is 0 Å². The zero-order chi connectivity index (χ0) is 13.8. The van der Waals surface area contributed by atoms with Gasteiger partial charge < -0.3 is 10.5 Å². The van der Waals surface area contributed by atoms with Gasteiger partial charge in [-0.05, 0) is 35.7 Å². The Morgan fingerprint density at radius 1 is 1.26 bits per heavy atom. The van der Waals surface area contributed by atoms with Crippen LogP contribution in [0, 0.1) is 5.82 Å². The molecule has 2 N–H and O–H groups in total. The molecule has 0 aliphatic heterocycles. The molecule has 2 nitrogen and oxygen atoms in total. The molecular formula is C15H15ClFNO. The maximum atomic E-state index is 14.0. The molecule has 2 rings (SSSR count). The lowest BCUT2D eigenvalue weighted by Crippen LogP contribution is -2.14. The van der Waals surface area contributed by atoms with Crippen molar-refractivity contribution in [3.63, 3.8) is 0 Å². The molecule has 19 heavy (non-hydrogen) atoms. The predicted octanol–water partition coefficient (Wildman–Crippen LogP) is 3.73. The fraction of sp³-hybridized carbons (Fsp3) is 0.200. The van der Waals surface area contributed by atoms with Crippen molar-refractivity contribution in [1.29, 1.82) is 0 Å². The number of halogens is 2. The van der Waals surface area contributed by atoms with Crippen LogP contribution in [0.3, 0.4) is 0 Å². The summed E-state index contributed by atoms with van der Waals surface area (Å²) in [7, 11) is 1.44. The summed E-state index contributed by atoms with van der Waals surface area (Å²) in [5.41, 5.74) is 7.51. The van der Waals surface area contributed by atoms with Gasteiger partial charge in [-0.1, -0.05) is 35.9 Å².